The molecule has 0 unspecified atom stereocenters. The Labute approximate surface area is 117 Å². The number of esters is 1. The Morgan fingerprint density at radius 1 is 0.950 bits per heavy atom. The lowest BCUT2D eigenvalue weighted by molar-refractivity contribution is -0.150. The van der Waals surface area contributed by atoms with Crippen molar-refractivity contribution < 1.29 is 19.4 Å². The summed E-state index contributed by atoms with van der Waals surface area (Å²) in [5.41, 5.74) is 2.53. The van der Waals surface area contributed by atoms with Crippen LogP contribution >= 0.6 is 0 Å². The summed E-state index contributed by atoms with van der Waals surface area (Å²) in [4.78, 5) is 11.3. The lowest BCUT2D eigenvalue weighted by Crippen LogP contribution is -2.13. The van der Waals surface area contributed by atoms with E-state index in [0.717, 1.165) is 16.9 Å². The summed E-state index contributed by atoms with van der Waals surface area (Å²) < 4.78 is 9.61. The fraction of sp³-hybridized carbons (Fsp3) is 0.188. The molecular formula is C16H16O4. The van der Waals surface area contributed by atoms with Crippen LogP contribution in [0.2, 0.25) is 0 Å². The minimum absolute atomic E-state index is 0.508. The summed E-state index contributed by atoms with van der Waals surface area (Å²) in [5.74, 6) is 0.133. The highest BCUT2D eigenvalue weighted by Crippen LogP contribution is 2.24. The Balaban J connectivity index is 2.20. The third-order valence-corrected chi connectivity index (χ3v) is 3.07. The first-order valence-corrected chi connectivity index (χ1v) is 6.16. The molecule has 104 valence electrons. The first-order valence-electron chi connectivity index (χ1n) is 6.16. The molecule has 0 aliphatic heterocycles. The van der Waals surface area contributed by atoms with E-state index >= 15 is 0 Å². The highest BCUT2D eigenvalue weighted by atomic mass is 16.5. The van der Waals surface area contributed by atoms with Crippen molar-refractivity contribution in [3.63, 3.8) is 0 Å². The van der Waals surface area contributed by atoms with Crippen LogP contribution in [0.1, 0.15) is 11.7 Å². The number of aliphatic hydroxyl groups is 1. The molecule has 0 radical (unpaired) electrons. The molecule has 4 heteroatoms. The Hall–Kier alpha value is -2.33. The van der Waals surface area contributed by atoms with Crippen molar-refractivity contribution in [1.29, 1.82) is 0 Å². The molecule has 0 amide bonds. The molecule has 4 nitrogen and oxygen atoms in total. The highest BCUT2D eigenvalue weighted by Gasteiger charge is 2.17. The lowest BCUT2D eigenvalue weighted by Gasteiger charge is -2.09. The monoisotopic (exact) mass is 272 g/mol. The largest absolute Gasteiger partial charge is 0.497 e. The van der Waals surface area contributed by atoms with Gasteiger partial charge in [-0.2, -0.15) is 0 Å². The zero-order valence-corrected chi connectivity index (χ0v) is 11.4. The van der Waals surface area contributed by atoms with Crippen LogP contribution in [0.15, 0.2) is 48.5 Å². The predicted octanol–water partition coefficient (Wildman–Crippen LogP) is 2.57. The van der Waals surface area contributed by atoms with E-state index in [4.69, 9.17) is 4.74 Å². The van der Waals surface area contributed by atoms with Gasteiger partial charge < -0.3 is 14.6 Å². The maximum absolute atomic E-state index is 11.3. The summed E-state index contributed by atoms with van der Waals surface area (Å²) in [5, 5.41) is 9.73. The van der Waals surface area contributed by atoms with E-state index in [-0.39, 0.29) is 0 Å². The standard InChI is InChI=1S/C16H16O4/c1-19-14-9-7-12(8-10-14)11-3-5-13(6-4-11)15(17)16(18)20-2/h3-10,15,17H,1-2H3/t15-/m0/s1. The van der Waals surface area contributed by atoms with Gasteiger partial charge in [-0.1, -0.05) is 36.4 Å². The van der Waals surface area contributed by atoms with E-state index < -0.39 is 12.1 Å². The summed E-state index contributed by atoms with van der Waals surface area (Å²) in [6.07, 6.45) is -1.25. The lowest BCUT2D eigenvalue weighted by atomic mass is 10.0. The molecule has 0 saturated carbocycles. The van der Waals surface area contributed by atoms with Crippen molar-refractivity contribution >= 4 is 5.97 Å². The van der Waals surface area contributed by atoms with Gasteiger partial charge in [0.15, 0.2) is 6.10 Å². The van der Waals surface area contributed by atoms with Crippen molar-refractivity contribution in [1.82, 2.24) is 0 Å². The summed E-state index contributed by atoms with van der Waals surface area (Å²) in [6.45, 7) is 0. The predicted molar refractivity (Wildman–Crippen MR) is 75.4 cm³/mol. The number of aliphatic hydroxyl groups excluding tert-OH is 1. The van der Waals surface area contributed by atoms with Gasteiger partial charge in [-0.3, -0.25) is 0 Å². The zero-order chi connectivity index (χ0) is 14.5. The number of carbonyl (C=O) groups is 1. The smallest absolute Gasteiger partial charge is 0.339 e. The number of carbonyl (C=O) groups excluding carboxylic acids is 1. The van der Waals surface area contributed by atoms with Crippen LogP contribution in [0.25, 0.3) is 11.1 Å². The summed E-state index contributed by atoms with van der Waals surface area (Å²) in [6, 6.07) is 14.8. The van der Waals surface area contributed by atoms with Gasteiger partial charge in [0.05, 0.1) is 14.2 Å². The third-order valence-electron chi connectivity index (χ3n) is 3.07. The van der Waals surface area contributed by atoms with E-state index in [1.807, 2.05) is 36.4 Å². The van der Waals surface area contributed by atoms with E-state index in [0.29, 0.717) is 5.56 Å². The number of hydrogen-bond donors (Lipinski definition) is 1. The SMILES string of the molecule is COC(=O)[C@@H](O)c1ccc(-c2ccc(OC)cc2)cc1. The highest BCUT2D eigenvalue weighted by molar-refractivity contribution is 5.76. The molecule has 0 fully saturated rings. The van der Waals surface area contributed by atoms with Crippen molar-refractivity contribution in [3.05, 3.63) is 54.1 Å². The van der Waals surface area contributed by atoms with Gasteiger partial charge in [0, 0.05) is 0 Å². The average molecular weight is 272 g/mol. The van der Waals surface area contributed by atoms with Gasteiger partial charge in [-0.05, 0) is 28.8 Å². The number of benzene rings is 2. The molecule has 0 heterocycles. The molecule has 1 N–H and O–H groups in total. The molecule has 0 bridgehead atoms. The molecule has 1 atom stereocenters. The Kier molecular flexibility index (Phi) is 4.38. The fourth-order valence-corrected chi connectivity index (χ4v) is 1.89. The van der Waals surface area contributed by atoms with Gasteiger partial charge in [-0.15, -0.1) is 0 Å². The molecule has 0 aliphatic rings. The van der Waals surface area contributed by atoms with Crippen molar-refractivity contribution in [2.24, 2.45) is 0 Å². The van der Waals surface area contributed by atoms with Gasteiger partial charge in [0.1, 0.15) is 5.75 Å². The van der Waals surface area contributed by atoms with Crippen LogP contribution in [0.5, 0.6) is 5.75 Å². The van der Waals surface area contributed by atoms with Gasteiger partial charge in [0.25, 0.3) is 0 Å². The molecular weight excluding hydrogens is 256 g/mol. The number of methoxy groups -OCH3 is 2. The molecule has 0 aliphatic carbocycles. The molecule has 0 aromatic heterocycles. The minimum Gasteiger partial charge on any atom is -0.497 e. The molecule has 2 aromatic rings. The van der Waals surface area contributed by atoms with Crippen molar-refractivity contribution in [2.75, 3.05) is 14.2 Å². The first kappa shape index (κ1) is 14.1. The second kappa shape index (κ2) is 6.21. The van der Waals surface area contributed by atoms with Crippen molar-refractivity contribution in [3.8, 4) is 16.9 Å². The quantitative estimate of drug-likeness (QED) is 0.869. The van der Waals surface area contributed by atoms with E-state index in [1.165, 1.54) is 7.11 Å². The zero-order valence-electron chi connectivity index (χ0n) is 11.4. The summed E-state index contributed by atoms with van der Waals surface area (Å²) >= 11 is 0. The van der Waals surface area contributed by atoms with Gasteiger partial charge >= 0.3 is 5.97 Å². The minimum atomic E-state index is -1.25. The first-order chi connectivity index (χ1) is 9.65. The van der Waals surface area contributed by atoms with E-state index in [2.05, 4.69) is 4.74 Å². The fourth-order valence-electron chi connectivity index (χ4n) is 1.89. The van der Waals surface area contributed by atoms with Gasteiger partial charge in [-0.25, -0.2) is 4.79 Å². The summed E-state index contributed by atoms with van der Waals surface area (Å²) in [7, 11) is 2.87. The second-order valence-corrected chi connectivity index (χ2v) is 4.28. The van der Waals surface area contributed by atoms with E-state index in [9.17, 15) is 9.90 Å². The number of rotatable bonds is 4. The maximum Gasteiger partial charge on any atom is 0.339 e. The van der Waals surface area contributed by atoms with Crippen molar-refractivity contribution in [2.45, 2.75) is 6.10 Å². The number of ether oxygens (including phenoxy) is 2. The van der Waals surface area contributed by atoms with Crippen LogP contribution in [0, 0.1) is 0 Å². The molecule has 2 aromatic carbocycles. The van der Waals surface area contributed by atoms with Crippen LogP contribution < -0.4 is 4.74 Å². The maximum atomic E-state index is 11.3. The Morgan fingerprint density at radius 2 is 1.45 bits per heavy atom. The molecule has 0 spiro atoms. The Bertz CT molecular complexity index is 572. The van der Waals surface area contributed by atoms with Crippen LogP contribution in [-0.2, 0) is 9.53 Å². The normalized spacial score (nSPS) is 11.8. The molecule has 20 heavy (non-hydrogen) atoms. The number of hydrogen-bond acceptors (Lipinski definition) is 4. The molecule has 0 saturated heterocycles. The third kappa shape index (κ3) is 2.97. The average Bonchev–Trinajstić information content (AvgIpc) is 2.53. The van der Waals surface area contributed by atoms with Crippen LogP contribution in [0.4, 0.5) is 0 Å². The van der Waals surface area contributed by atoms with Gasteiger partial charge in [0.2, 0.25) is 0 Å². The second-order valence-electron chi connectivity index (χ2n) is 4.28. The van der Waals surface area contributed by atoms with Crippen LogP contribution in [-0.4, -0.2) is 25.3 Å². The van der Waals surface area contributed by atoms with E-state index in [1.54, 1.807) is 19.2 Å². The topological polar surface area (TPSA) is 55.8 Å². The van der Waals surface area contributed by atoms with Crippen LogP contribution in [0.3, 0.4) is 0 Å². The molecule has 2 rings (SSSR count). The Morgan fingerprint density at radius 3 is 1.90 bits per heavy atom.